The third-order valence-electron chi connectivity index (χ3n) is 3.48. The molecule has 1 aliphatic heterocycles. The van der Waals surface area contributed by atoms with Gasteiger partial charge in [-0.3, -0.25) is 0 Å². The Labute approximate surface area is 129 Å². The molecule has 0 saturated carbocycles. The average Bonchev–Trinajstić information content (AvgIpc) is 2.75. The van der Waals surface area contributed by atoms with Gasteiger partial charge in [-0.25, -0.2) is 9.78 Å². The van der Waals surface area contributed by atoms with Crippen LogP contribution in [0.3, 0.4) is 0 Å². The SMILES string of the molecule is Cc1ncc(CC2CN(C(=O)OC(C)(C)C)CCC2O)s1. The second-order valence-corrected chi connectivity index (χ2v) is 7.91. The maximum atomic E-state index is 12.1. The molecule has 0 aliphatic carbocycles. The Morgan fingerprint density at radius 3 is 2.86 bits per heavy atom. The number of amides is 1. The summed E-state index contributed by atoms with van der Waals surface area (Å²) < 4.78 is 5.41. The highest BCUT2D eigenvalue weighted by molar-refractivity contribution is 7.11. The number of likely N-dealkylation sites (tertiary alicyclic amines) is 1. The fourth-order valence-electron chi connectivity index (χ4n) is 2.47. The minimum absolute atomic E-state index is 0.0473. The van der Waals surface area contributed by atoms with E-state index < -0.39 is 5.60 Å². The Bertz CT molecular complexity index is 495. The van der Waals surface area contributed by atoms with Crippen LogP contribution < -0.4 is 0 Å². The molecule has 118 valence electrons. The normalized spacial score (nSPS) is 23.2. The van der Waals surface area contributed by atoms with Gasteiger partial charge in [0.2, 0.25) is 0 Å². The summed E-state index contributed by atoms with van der Waals surface area (Å²) in [7, 11) is 0. The highest BCUT2D eigenvalue weighted by Crippen LogP contribution is 2.25. The van der Waals surface area contributed by atoms with Crippen molar-refractivity contribution in [1.82, 2.24) is 9.88 Å². The molecule has 2 rings (SSSR count). The molecule has 5 nitrogen and oxygen atoms in total. The molecular formula is C15H24N2O3S. The Balaban J connectivity index is 1.97. The lowest BCUT2D eigenvalue weighted by atomic mass is 9.91. The summed E-state index contributed by atoms with van der Waals surface area (Å²) in [6.07, 6.45) is 2.55. The largest absolute Gasteiger partial charge is 0.444 e. The standard InChI is InChI=1S/C15H24N2O3S/c1-10-16-8-12(21-10)7-11-9-17(6-5-13(11)18)14(19)20-15(2,3)4/h8,11,13,18H,5-7,9H2,1-4H3. The summed E-state index contributed by atoms with van der Waals surface area (Å²) in [6, 6.07) is 0. The quantitative estimate of drug-likeness (QED) is 0.912. The molecule has 0 radical (unpaired) electrons. The van der Waals surface area contributed by atoms with E-state index >= 15 is 0 Å². The molecule has 1 aliphatic rings. The number of aryl methyl sites for hydroxylation is 1. The maximum absolute atomic E-state index is 12.1. The molecule has 1 fully saturated rings. The Hall–Kier alpha value is -1.14. The van der Waals surface area contributed by atoms with Gasteiger partial charge in [-0.2, -0.15) is 0 Å². The molecule has 0 aromatic carbocycles. The fourth-order valence-corrected chi connectivity index (χ4v) is 3.36. The highest BCUT2D eigenvalue weighted by atomic mass is 32.1. The van der Waals surface area contributed by atoms with Crippen LogP contribution in [0.2, 0.25) is 0 Å². The van der Waals surface area contributed by atoms with Gasteiger partial charge in [-0.1, -0.05) is 0 Å². The van der Waals surface area contributed by atoms with Crippen LogP contribution in [-0.4, -0.2) is 45.9 Å². The Morgan fingerprint density at radius 1 is 1.57 bits per heavy atom. The molecule has 1 aromatic rings. The summed E-state index contributed by atoms with van der Waals surface area (Å²) in [5.41, 5.74) is -0.489. The third kappa shape index (κ3) is 4.68. The first-order valence-electron chi connectivity index (χ1n) is 7.32. The smallest absolute Gasteiger partial charge is 0.410 e. The van der Waals surface area contributed by atoms with E-state index in [1.54, 1.807) is 16.2 Å². The van der Waals surface area contributed by atoms with Crippen molar-refractivity contribution in [3.8, 4) is 0 Å². The van der Waals surface area contributed by atoms with E-state index in [1.807, 2.05) is 33.9 Å². The topological polar surface area (TPSA) is 62.7 Å². The molecule has 0 spiro atoms. The Kier molecular flexibility index (Phi) is 4.88. The molecular weight excluding hydrogens is 288 g/mol. The zero-order valence-corrected chi connectivity index (χ0v) is 13.9. The van der Waals surface area contributed by atoms with Gasteiger partial charge in [-0.15, -0.1) is 11.3 Å². The number of aliphatic hydroxyl groups excluding tert-OH is 1. The number of hydrogen-bond donors (Lipinski definition) is 1. The third-order valence-corrected chi connectivity index (χ3v) is 4.41. The van der Waals surface area contributed by atoms with E-state index in [1.165, 1.54) is 0 Å². The first-order chi connectivity index (χ1) is 9.74. The van der Waals surface area contributed by atoms with Gasteiger partial charge in [0, 0.05) is 30.1 Å². The molecule has 2 unspecified atom stereocenters. The van der Waals surface area contributed by atoms with E-state index in [2.05, 4.69) is 4.98 Å². The van der Waals surface area contributed by atoms with E-state index in [0.29, 0.717) is 19.5 Å². The monoisotopic (exact) mass is 312 g/mol. The van der Waals surface area contributed by atoms with Gasteiger partial charge in [0.05, 0.1) is 11.1 Å². The van der Waals surface area contributed by atoms with E-state index in [9.17, 15) is 9.90 Å². The maximum Gasteiger partial charge on any atom is 0.410 e. The molecule has 1 saturated heterocycles. The number of aliphatic hydroxyl groups is 1. The molecule has 1 aromatic heterocycles. The molecule has 6 heteroatoms. The van der Waals surface area contributed by atoms with Gasteiger partial charge in [0.25, 0.3) is 0 Å². The average molecular weight is 312 g/mol. The second kappa shape index (κ2) is 6.32. The van der Waals surface area contributed by atoms with Gasteiger partial charge in [-0.05, 0) is 40.5 Å². The van der Waals surface area contributed by atoms with Crippen molar-refractivity contribution in [2.45, 2.75) is 52.2 Å². The van der Waals surface area contributed by atoms with Crippen molar-refractivity contribution in [2.75, 3.05) is 13.1 Å². The number of carbonyl (C=O) groups excluding carboxylic acids is 1. The van der Waals surface area contributed by atoms with Crippen LogP contribution in [0, 0.1) is 12.8 Å². The molecule has 21 heavy (non-hydrogen) atoms. The van der Waals surface area contributed by atoms with Gasteiger partial charge >= 0.3 is 6.09 Å². The molecule has 1 amide bonds. The fraction of sp³-hybridized carbons (Fsp3) is 0.733. The van der Waals surface area contributed by atoms with Crippen molar-refractivity contribution in [3.63, 3.8) is 0 Å². The number of piperidine rings is 1. The molecule has 2 heterocycles. The number of ether oxygens (including phenoxy) is 1. The zero-order valence-electron chi connectivity index (χ0n) is 13.1. The lowest BCUT2D eigenvalue weighted by Crippen LogP contribution is -2.48. The predicted molar refractivity (Wildman–Crippen MR) is 82.5 cm³/mol. The molecule has 2 atom stereocenters. The number of carbonyl (C=O) groups is 1. The molecule has 1 N–H and O–H groups in total. The van der Waals surface area contributed by atoms with Crippen LogP contribution in [-0.2, 0) is 11.2 Å². The van der Waals surface area contributed by atoms with Gasteiger partial charge in [0.1, 0.15) is 5.60 Å². The van der Waals surface area contributed by atoms with Crippen molar-refractivity contribution in [3.05, 3.63) is 16.1 Å². The van der Waals surface area contributed by atoms with Crippen molar-refractivity contribution in [2.24, 2.45) is 5.92 Å². The predicted octanol–water partition coefficient (Wildman–Crippen LogP) is 2.61. The van der Waals surface area contributed by atoms with Crippen molar-refractivity contribution < 1.29 is 14.6 Å². The number of nitrogens with zero attached hydrogens (tertiary/aromatic N) is 2. The lowest BCUT2D eigenvalue weighted by molar-refractivity contribution is -0.00809. The van der Waals surface area contributed by atoms with Crippen molar-refractivity contribution in [1.29, 1.82) is 0 Å². The van der Waals surface area contributed by atoms with E-state index in [0.717, 1.165) is 16.3 Å². The van der Waals surface area contributed by atoms with Crippen LogP contribution in [0.15, 0.2) is 6.20 Å². The van der Waals surface area contributed by atoms with E-state index in [4.69, 9.17) is 4.74 Å². The number of aromatic nitrogens is 1. The second-order valence-electron chi connectivity index (χ2n) is 6.59. The number of rotatable bonds is 2. The van der Waals surface area contributed by atoms with Crippen LogP contribution in [0.4, 0.5) is 4.79 Å². The lowest BCUT2D eigenvalue weighted by Gasteiger charge is -2.36. The first kappa shape index (κ1) is 16.2. The minimum Gasteiger partial charge on any atom is -0.444 e. The minimum atomic E-state index is -0.489. The number of thiazole rings is 1. The molecule has 0 bridgehead atoms. The number of hydrogen-bond acceptors (Lipinski definition) is 5. The summed E-state index contributed by atoms with van der Waals surface area (Å²) in [5.74, 6) is 0.0473. The summed E-state index contributed by atoms with van der Waals surface area (Å²) >= 11 is 1.65. The van der Waals surface area contributed by atoms with Crippen LogP contribution in [0.25, 0.3) is 0 Å². The summed E-state index contributed by atoms with van der Waals surface area (Å²) in [6.45, 7) is 8.64. The van der Waals surface area contributed by atoms with Crippen LogP contribution in [0.1, 0.15) is 37.1 Å². The Morgan fingerprint density at radius 2 is 2.29 bits per heavy atom. The van der Waals surface area contributed by atoms with E-state index in [-0.39, 0.29) is 18.1 Å². The highest BCUT2D eigenvalue weighted by Gasteiger charge is 2.32. The van der Waals surface area contributed by atoms with Crippen LogP contribution in [0.5, 0.6) is 0 Å². The van der Waals surface area contributed by atoms with Crippen LogP contribution >= 0.6 is 11.3 Å². The summed E-state index contributed by atoms with van der Waals surface area (Å²) in [5, 5.41) is 11.2. The summed E-state index contributed by atoms with van der Waals surface area (Å²) in [4.78, 5) is 19.2. The van der Waals surface area contributed by atoms with Gasteiger partial charge in [0.15, 0.2) is 0 Å². The zero-order chi connectivity index (χ0) is 15.6. The van der Waals surface area contributed by atoms with Crippen molar-refractivity contribution >= 4 is 17.4 Å². The first-order valence-corrected chi connectivity index (χ1v) is 8.13. The van der Waals surface area contributed by atoms with Gasteiger partial charge < -0.3 is 14.7 Å².